The molecule has 2 amide bonds. The molecule has 0 bridgehead atoms. The average molecular weight is 278 g/mol. The van der Waals surface area contributed by atoms with Crippen molar-refractivity contribution < 1.29 is 14.6 Å². The fourth-order valence-corrected chi connectivity index (χ4v) is 2.23. The van der Waals surface area contributed by atoms with Gasteiger partial charge < -0.3 is 20.1 Å². The molecule has 1 saturated heterocycles. The van der Waals surface area contributed by atoms with Gasteiger partial charge in [0, 0.05) is 12.2 Å². The summed E-state index contributed by atoms with van der Waals surface area (Å²) in [6, 6.07) is 7.18. The van der Waals surface area contributed by atoms with Crippen LogP contribution in [0.25, 0.3) is 0 Å². The van der Waals surface area contributed by atoms with Crippen molar-refractivity contribution in [2.45, 2.75) is 39.0 Å². The first kappa shape index (κ1) is 14.8. The Bertz CT molecular complexity index is 459. The number of nitrogens with zero attached hydrogens (tertiary/aromatic N) is 1. The normalized spacial score (nSPS) is 24.3. The smallest absolute Gasteiger partial charge is 0.322 e. The number of benzene rings is 1. The van der Waals surface area contributed by atoms with Gasteiger partial charge in [-0.2, -0.15) is 0 Å². The molecule has 0 saturated carbocycles. The van der Waals surface area contributed by atoms with Gasteiger partial charge in [-0.25, -0.2) is 4.79 Å². The van der Waals surface area contributed by atoms with E-state index >= 15 is 0 Å². The second-order valence-corrected chi connectivity index (χ2v) is 5.37. The fraction of sp³-hybridized carbons (Fsp3) is 0.533. The zero-order chi connectivity index (χ0) is 14.7. The first-order valence-corrected chi connectivity index (χ1v) is 6.94. The Morgan fingerprint density at radius 2 is 2.05 bits per heavy atom. The van der Waals surface area contributed by atoms with Gasteiger partial charge >= 0.3 is 6.03 Å². The first-order chi connectivity index (χ1) is 9.47. The van der Waals surface area contributed by atoms with Crippen molar-refractivity contribution >= 4 is 11.7 Å². The second-order valence-electron chi connectivity index (χ2n) is 5.37. The third-order valence-electron chi connectivity index (χ3n) is 3.51. The highest BCUT2D eigenvalue weighted by atomic mass is 16.5. The molecule has 5 nitrogen and oxygen atoms in total. The highest BCUT2D eigenvalue weighted by Gasteiger charge is 2.27. The second kappa shape index (κ2) is 6.24. The topological polar surface area (TPSA) is 61.8 Å². The van der Waals surface area contributed by atoms with Crippen LogP contribution in [-0.4, -0.2) is 41.3 Å². The monoisotopic (exact) mass is 278 g/mol. The van der Waals surface area contributed by atoms with Gasteiger partial charge in [0.15, 0.2) is 0 Å². The molecule has 2 N–H and O–H groups in total. The van der Waals surface area contributed by atoms with Gasteiger partial charge in [0.1, 0.15) is 0 Å². The molecule has 0 aliphatic carbocycles. The number of carbonyl (C=O) groups is 1. The van der Waals surface area contributed by atoms with Crippen molar-refractivity contribution in [1.82, 2.24) is 4.90 Å². The van der Waals surface area contributed by atoms with Crippen molar-refractivity contribution in [2.75, 3.05) is 18.5 Å². The first-order valence-electron chi connectivity index (χ1n) is 6.94. The fourth-order valence-electron chi connectivity index (χ4n) is 2.23. The Morgan fingerprint density at radius 3 is 2.65 bits per heavy atom. The van der Waals surface area contributed by atoms with Crippen molar-refractivity contribution in [1.29, 1.82) is 0 Å². The molecule has 0 radical (unpaired) electrons. The molecule has 3 atom stereocenters. The van der Waals surface area contributed by atoms with Gasteiger partial charge in [-0.3, -0.25) is 0 Å². The van der Waals surface area contributed by atoms with E-state index in [-0.39, 0.29) is 18.2 Å². The van der Waals surface area contributed by atoms with E-state index in [0.29, 0.717) is 13.2 Å². The number of hydrogen-bond donors (Lipinski definition) is 2. The summed E-state index contributed by atoms with van der Waals surface area (Å²) in [4.78, 5) is 14.0. The molecule has 1 aromatic carbocycles. The summed E-state index contributed by atoms with van der Waals surface area (Å²) in [5, 5.41) is 12.3. The van der Waals surface area contributed by atoms with Crippen LogP contribution in [-0.2, 0) is 4.74 Å². The van der Waals surface area contributed by atoms with Crippen molar-refractivity contribution in [3.8, 4) is 0 Å². The number of rotatable bonds is 2. The summed E-state index contributed by atoms with van der Waals surface area (Å²) < 4.78 is 5.51. The Balaban J connectivity index is 2.00. The van der Waals surface area contributed by atoms with Crippen LogP contribution in [0.1, 0.15) is 32.4 Å². The number of aliphatic hydroxyl groups is 1. The molecule has 20 heavy (non-hydrogen) atoms. The molecule has 0 spiro atoms. The summed E-state index contributed by atoms with van der Waals surface area (Å²) in [6.45, 7) is 6.81. The lowest BCUT2D eigenvalue weighted by Gasteiger charge is -2.36. The maximum atomic E-state index is 12.3. The summed E-state index contributed by atoms with van der Waals surface area (Å²) >= 11 is 0. The lowest BCUT2D eigenvalue weighted by molar-refractivity contribution is -0.0296. The lowest BCUT2D eigenvalue weighted by atomic mass is 10.1. The molecule has 3 unspecified atom stereocenters. The molecule has 5 heteroatoms. The highest BCUT2D eigenvalue weighted by Crippen LogP contribution is 2.17. The lowest BCUT2D eigenvalue weighted by Crippen LogP contribution is -2.51. The summed E-state index contributed by atoms with van der Waals surface area (Å²) in [6.07, 6.45) is -0.436. The summed E-state index contributed by atoms with van der Waals surface area (Å²) in [5.41, 5.74) is 1.56. The quantitative estimate of drug-likeness (QED) is 0.873. The standard InChI is InChI=1S/C15H22N2O3/c1-10-9-20-11(2)8-17(10)15(19)16-14-6-4-13(5-7-14)12(3)18/h4-7,10-12,18H,8-9H2,1-3H3,(H,16,19). The predicted octanol–water partition coefficient (Wildman–Crippen LogP) is 2.38. The van der Waals surface area contributed by atoms with E-state index in [0.717, 1.165) is 11.3 Å². The zero-order valence-corrected chi connectivity index (χ0v) is 12.2. The maximum Gasteiger partial charge on any atom is 0.322 e. The number of carbonyl (C=O) groups excluding carboxylic acids is 1. The predicted molar refractivity (Wildman–Crippen MR) is 77.7 cm³/mol. The van der Waals surface area contributed by atoms with E-state index in [4.69, 9.17) is 4.74 Å². The van der Waals surface area contributed by atoms with Crippen molar-refractivity contribution in [2.24, 2.45) is 0 Å². The van der Waals surface area contributed by atoms with Gasteiger partial charge in [-0.1, -0.05) is 12.1 Å². The largest absolute Gasteiger partial charge is 0.389 e. The number of ether oxygens (including phenoxy) is 1. The van der Waals surface area contributed by atoms with E-state index in [2.05, 4.69) is 5.32 Å². The molecule has 1 aromatic rings. The zero-order valence-electron chi connectivity index (χ0n) is 12.2. The van der Waals surface area contributed by atoms with Gasteiger partial charge in [0.25, 0.3) is 0 Å². The van der Waals surface area contributed by atoms with Crippen LogP contribution in [0, 0.1) is 0 Å². The molecule has 1 aliphatic rings. The Labute approximate surface area is 119 Å². The van der Waals surface area contributed by atoms with Crippen LogP contribution in [0.3, 0.4) is 0 Å². The number of morpholine rings is 1. The number of amides is 2. The highest BCUT2D eigenvalue weighted by molar-refractivity contribution is 5.89. The van der Waals surface area contributed by atoms with E-state index < -0.39 is 6.10 Å². The molecule has 2 rings (SSSR count). The molecule has 1 aliphatic heterocycles. The SMILES string of the molecule is CC1CN(C(=O)Nc2ccc(C(C)O)cc2)C(C)CO1. The molecule has 1 heterocycles. The Morgan fingerprint density at radius 1 is 1.40 bits per heavy atom. The molecular formula is C15H22N2O3. The minimum absolute atomic E-state index is 0.0644. The van der Waals surface area contributed by atoms with E-state index in [1.807, 2.05) is 26.0 Å². The van der Waals surface area contributed by atoms with Crippen LogP contribution in [0.2, 0.25) is 0 Å². The molecule has 1 fully saturated rings. The Kier molecular flexibility index (Phi) is 4.62. The van der Waals surface area contributed by atoms with E-state index in [1.165, 1.54) is 0 Å². The molecule has 0 aromatic heterocycles. The van der Waals surface area contributed by atoms with Gasteiger partial charge in [0.2, 0.25) is 0 Å². The van der Waals surface area contributed by atoms with Gasteiger partial charge in [-0.05, 0) is 38.5 Å². The van der Waals surface area contributed by atoms with Crippen LogP contribution in [0.5, 0.6) is 0 Å². The average Bonchev–Trinajstić information content (AvgIpc) is 2.42. The number of urea groups is 1. The summed E-state index contributed by atoms with van der Waals surface area (Å²) in [7, 11) is 0. The number of anilines is 1. The van der Waals surface area contributed by atoms with Crippen molar-refractivity contribution in [3.63, 3.8) is 0 Å². The van der Waals surface area contributed by atoms with Gasteiger partial charge in [0.05, 0.1) is 24.9 Å². The third-order valence-corrected chi connectivity index (χ3v) is 3.51. The Hall–Kier alpha value is -1.59. The van der Waals surface area contributed by atoms with Gasteiger partial charge in [-0.15, -0.1) is 0 Å². The van der Waals surface area contributed by atoms with E-state index in [1.54, 1.807) is 24.0 Å². The number of nitrogens with one attached hydrogen (secondary N) is 1. The minimum atomic E-state index is -0.500. The summed E-state index contributed by atoms with van der Waals surface area (Å²) in [5.74, 6) is 0. The minimum Gasteiger partial charge on any atom is -0.389 e. The van der Waals surface area contributed by atoms with E-state index in [9.17, 15) is 9.90 Å². The molecule has 110 valence electrons. The molecular weight excluding hydrogens is 256 g/mol. The van der Waals surface area contributed by atoms with Crippen LogP contribution < -0.4 is 5.32 Å². The maximum absolute atomic E-state index is 12.3. The van der Waals surface area contributed by atoms with Crippen LogP contribution >= 0.6 is 0 Å². The van der Waals surface area contributed by atoms with Crippen LogP contribution in [0.15, 0.2) is 24.3 Å². The third kappa shape index (κ3) is 3.49. The number of aliphatic hydroxyl groups excluding tert-OH is 1. The van der Waals surface area contributed by atoms with Crippen LogP contribution in [0.4, 0.5) is 10.5 Å². The van der Waals surface area contributed by atoms with Crippen molar-refractivity contribution in [3.05, 3.63) is 29.8 Å². The number of hydrogen-bond acceptors (Lipinski definition) is 3.